The number of hydrogen-bond donors (Lipinski definition) is 1. The van der Waals surface area contributed by atoms with E-state index in [-0.39, 0.29) is 0 Å². The Bertz CT molecular complexity index is 637. The van der Waals surface area contributed by atoms with Crippen LogP contribution in [0, 0.1) is 6.92 Å². The van der Waals surface area contributed by atoms with Gasteiger partial charge in [-0.2, -0.15) is 0 Å². The number of aromatic nitrogens is 2. The molecule has 5 nitrogen and oxygen atoms in total. The van der Waals surface area contributed by atoms with Crippen LogP contribution in [0.3, 0.4) is 0 Å². The number of nitrogens with one attached hydrogen (secondary N) is 1. The molecule has 0 saturated heterocycles. The van der Waals surface area contributed by atoms with E-state index < -0.39 is 6.09 Å². The third-order valence-corrected chi connectivity index (χ3v) is 3.50. The Labute approximate surface area is 126 Å². The minimum absolute atomic E-state index is 0.400. The van der Waals surface area contributed by atoms with Crippen molar-refractivity contribution in [1.29, 1.82) is 0 Å². The molecule has 2 aromatic rings. The number of benzene rings is 1. The predicted molar refractivity (Wildman–Crippen MR) is 83.4 cm³/mol. The molecule has 0 atom stereocenters. The lowest BCUT2D eigenvalue weighted by atomic mass is 10.2. The average molecular weight is 340 g/mol. The van der Waals surface area contributed by atoms with E-state index in [1.165, 1.54) is 4.57 Å². The zero-order chi connectivity index (χ0) is 14.7. The third kappa shape index (κ3) is 2.80. The number of fused-ring (bicyclic) bond motifs is 1. The van der Waals surface area contributed by atoms with Crippen LogP contribution in [-0.4, -0.2) is 29.3 Å². The summed E-state index contributed by atoms with van der Waals surface area (Å²) in [4.78, 5) is 16.7. The van der Waals surface area contributed by atoms with Crippen molar-refractivity contribution in [3.63, 3.8) is 0 Å². The van der Waals surface area contributed by atoms with E-state index in [2.05, 4.69) is 33.2 Å². The maximum Gasteiger partial charge on any atom is 0.421 e. The van der Waals surface area contributed by atoms with Crippen LogP contribution in [0.25, 0.3) is 11.0 Å². The van der Waals surface area contributed by atoms with Gasteiger partial charge >= 0.3 is 6.09 Å². The number of aryl methyl sites for hydroxylation is 1. The molecule has 20 heavy (non-hydrogen) atoms. The molecule has 108 valence electrons. The van der Waals surface area contributed by atoms with E-state index in [9.17, 15) is 4.79 Å². The van der Waals surface area contributed by atoms with E-state index in [0.717, 1.165) is 33.9 Å². The summed E-state index contributed by atoms with van der Waals surface area (Å²) in [6.45, 7) is 4.44. The van der Waals surface area contributed by atoms with Crippen LogP contribution >= 0.6 is 15.9 Å². The van der Waals surface area contributed by atoms with Crippen LogP contribution in [-0.2, 0) is 4.74 Å². The van der Waals surface area contributed by atoms with Crippen LogP contribution < -0.4 is 5.32 Å². The number of halogens is 1. The van der Waals surface area contributed by atoms with E-state index in [1.54, 1.807) is 7.05 Å². The van der Waals surface area contributed by atoms with Gasteiger partial charge in [-0.25, -0.2) is 14.3 Å². The number of carbonyl (C=O) groups excluding carboxylic acids is 1. The highest BCUT2D eigenvalue weighted by atomic mass is 79.9. The molecule has 0 fully saturated rings. The summed E-state index contributed by atoms with van der Waals surface area (Å²) < 4.78 is 7.67. The molecule has 1 aromatic heterocycles. The molecule has 0 amide bonds. The molecular formula is C14H18BrN3O2. The van der Waals surface area contributed by atoms with Gasteiger partial charge in [0, 0.05) is 11.5 Å². The minimum Gasteiger partial charge on any atom is -0.449 e. The minimum atomic E-state index is -0.400. The second-order valence-corrected chi connectivity index (χ2v) is 5.49. The number of anilines is 1. The molecule has 2 rings (SSSR count). The zero-order valence-electron chi connectivity index (χ0n) is 11.9. The van der Waals surface area contributed by atoms with Gasteiger partial charge in [0.05, 0.1) is 17.6 Å². The second kappa shape index (κ2) is 6.26. The first-order valence-electron chi connectivity index (χ1n) is 6.62. The molecule has 0 spiro atoms. The maximum absolute atomic E-state index is 12.2. The molecule has 0 aliphatic rings. The highest BCUT2D eigenvalue weighted by Crippen LogP contribution is 2.26. The smallest absolute Gasteiger partial charge is 0.421 e. The molecule has 1 heterocycles. The van der Waals surface area contributed by atoms with E-state index in [1.807, 2.05) is 19.1 Å². The summed E-state index contributed by atoms with van der Waals surface area (Å²) in [5.74, 6) is 0.489. The topological polar surface area (TPSA) is 56.1 Å². The van der Waals surface area contributed by atoms with Crippen molar-refractivity contribution in [1.82, 2.24) is 9.55 Å². The summed E-state index contributed by atoms with van der Waals surface area (Å²) in [5.41, 5.74) is 2.54. The van der Waals surface area contributed by atoms with Gasteiger partial charge in [-0.1, -0.05) is 29.3 Å². The Morgan fingerprint density at radius 2 is 2.25 bits per heavy atom. The van der Waals surface area contributed by atoms with Gasteiger partial charge in [0.15, 0.2) is 0 Å². The number of imidazole rings is 1. The van der Waals surface area contributed by atoms with Crippen LogP contribution in [0.15, 0.2) is 16.6 Å². The maximum atomic E-state index is 12.2. The second-order valence-electron chi connectivity index (χ2n) is 4.58. The fourth-order valence-corrected chi connectivity index (χ4v) is 2.58. The number of hydrogen-bond acceptors (Lipinski definition) is 4. The van der Waals surface area contributed by atoms with Gasteiger partial charge in [-0.05, 0) is 31.0 Å². The van der Waals surface area contributed by atoms with Crippen LogP contribution in [0.1, 0.15) is 25.3 Å². The lowest BCUT2D eigenvalue weighted by Gasteiger charge is -2.08. The summed E-state index contributed by atoms with van der Waals surface area (Å²) >= 11 is 3.45. The third-order valence-electron chi connectivity index (χ3n) is 3.05. The van der Waals surface area contributed by atoms with Crippen molar-refractivity contribution in [3.05, 3.63) is 22.2 Å². The highest BCUT2D eigenvalue weighted by Gasteiger charge is 2.18. The molecule has 1 N–H and O–H groups in total. The number of nitrogens with zero attached hydrogens (tertiary/aromatic N) is 2. The van der Waals surface area contributed by atoms with Gasteiger partial charge in [-0.15, -0.1) is 0 Å². The van der Waals surface area contributed by atoms with Crippen LogP contribution in [0.2, 0.25) is 0 Å². The van der Waals surface area contributed by atoms with Crippen molar-refractivity contribution >= 4 is 39.0 Å². The predicted octanol–water partition coefficient (Wildman–Crippen LogP) is 3.93. The molecule has 0 aliphatic heterocycles. The fraction of sp³-hybridized carbons (Fsp3) is 0.429. The average Bonchev–Trinajstić information content (AvgIpc) is 2.77. The van der Waals surface area contributed by atoms with Gasteiger partial charge in [-0.3, -0.25) is 0 Å². The first kappa shape index (κ1) is 14.8. The number of ether oxygens (including phenoxy) is 1. The molecule has 1 aromatic carbocycles. The van der Waals surface area contributed by atoms with E-state index >= 15 is 0 Å². The molecule has 0 unspecified atom stereocenters. The molecule has 0 radical (unpaired) electrons. The SMILES string of the molecule is CCCCOC(=O)n1c(NC)nc2c(C)cc(Br)cc21. The Hall–Kier alpha value is -1.56. The molecule has 0 bridgehead atoms. The fourth-order valence-electron chi connectivity index (χ4n) is 2.02. The Morgan fingerprint density at radius 3 is 2.90 bits per heavy atom. The number of rotatable bonds is 4. The van der Waals surface area contributed by atoms with Gasteiger partial charge < -0.3 is 10.1 Å². The monoisotopic (exact) mass is 339 g/mol. The molecular weight excluding hydrogens is 322 g/mol. The van der Waals surface area contributed by atoms with Crippen LogP contribution in [0.4, 0.5) is 10.7 Å². The Morgan fingerprint density at radius 1 is 1.50 bits per heavy atom. The van der Waals surface area contributed by atoms with Gasteiger partial charge in [0.25, 0.3) is 0 Å². The summed E-state index contributed by atoms with van der Waals surface area (Å²) in [6, 6.07) is 3.85. The molecule has 6 heteroatoms. The van der Waals surface area contributed by atoms with Crippen molar-refractivity contribution in [2.24, 2.45) is 0 Å². The first-order valence-corrected chi connectivity index (χ1v) is 7.41. The number of unbranched alkanes of at least 4 members (excludes halogenated alkanes) is 1. The Kier molecular flexibility index (Phi) is 4.65. The lowest BCUT2D eigenvalue weighted by molar-refractivity contribution is 0.147. The normalized spacial score (nSPS) is 10.8. The zero-order valence-corrected chi connectivity index (χ0v) is 13.5. The number of carbonyl (C=O) groups is 1. The van der Waals surface area contributed by atoms with Crippen molar-refractivity contribution in [2.75, 3.05) is 19.0 Å². The van der Waals surface area contributed by atoms with Crippen LogP contribution in [0.5, 0.6) is 0 Å². The first-order chi connectivity index (χ1) is 9.58. The van der Waals surface area contributed by atoms with Crippen molar-refractivity contribution < 1.29 is 9.53 Å². The van der Waals surface area contributed by atoms with Gasteiger partial charge in [0.2, 0.25) is 5.95 Å². The highest BCUT2D eigenvalue weighted by molar-refractivity contribution is 9.10. The van der Waals surface area contributed by atoms with Crippen molar-refractivity contribution in [3.8, 4) is 0 Å². The molecule has 0 saturated carbocycles. The van der Waals surface area contributed by atoms with Crippen molar-refractivity contribution in [2.45, 2.75) is 26.7 Å². The summed E-state index contributed by atoms with van der Waals surface area (Å²) in [5, 5.41) is 2.94. The van der Waals surface area contributed by atoms with E-state index in [0.29, 0.717) is 12.6 Å². The molecule has 0 aliphatic carbocycles. The summed E-state index contributed by atoms with van der Waals surface area (Å²) in [7, 11) is 1.74. The summed E-state index contributed by atoms with van der Waals surface area (Å²) in [6.07, 6.45) is 1.44. The van der Waals surface area contributed by atoms with Gasteiger partial charge in [0.1, 0.15) is 0 Å². The largest absolute Gasteiger partial charge is 0.449 e. The quantitative estimate of drug-likeness (QED) is 0.857. The standard InChI is InChI=1S/C14H18BrN3O2/c1-4-5-6-20-14(19)18-11-8-10(15)7-9(2)12(11)17-13(18)16-3/h7-8H,4-6H2,1-3H3,(H,16,17). The lowest BCUT2D eigenvalue weighted by Crippen LogP contribution is -2.16. The Balaban J connectivity index is 2.47. The van der Waals surface area contributed by atoms with E-state index in [4.69, 9.17) is 4.74 Å².